The molecule has 4 nitrogen and oxygen atoms in total. The summed E-state index contributed by atoms with van der Waals surface area (Å²) in [6, 6.07) is 0.671. The van der Waals surface area contributed by atoms with Gasteiger partial charge in [-0.3, -0.25) is 0 Å². The second-order valence-electron chi connectivity index (χ2n) is 5.60. The number of nitrogens with one attached hydrogen (secondary N) is 1. The van der Waals surface area contributed by atoms with E-state index >= 15 is 0 Å². The number of hydrogen-bond acceptors (Lipinski definition) is 2. The SMILES string of the molecule is CC(C)NC(=O)N1C[C@H]2CCC(N)C[C@H]2C1. The van der Waals surface area contributed by atoms with Crippen molar-refractivity contribution in [1.29, 1.82) is 0 Å². The second-order valence-corrected chi connectivity index (χ2v) is 5.60. The third-order valence-electron chi connectivity index (χ3n) is 3.79. The summed E-state index contributed by atoms with van der Waals surface area (Å²) in [5, 5.41) is 2.96. The van der Waals surface area contributed by atoms with Crippen molar-refractivity contribution in [3.63, 3.8) is 0 Å². The van der Waals surface area contributed by atoms with Gasteiger partial charge in [0, 0.05) is 25.2 Å². The summed E-state index contributed by atoms with van der Waals surface area (Å²) in [4.78, 5) is 13.8. The number of likely N-dealkylation sites (tertiary alicyclic amines) is 1. The number of rotatable bonds is 1. The smallest absolute Gasteiger partial charge is 0.317 e. The molecule has 0 aromatic heterocycles. The fraction of sp³-hybridized carbons (Fsp3) is 0.917. The first-order valence-corrected chi connectivity index (χ1v) is 6.37. The molecular formula is C12H23N3O. The highest BCUT2D eigenvalue weighted by Gasteiger charge is 2.38. The fourth-order valence-electron chi connectivity index (χ4n) is 2.97. The van der Waals surface area contributed by atoms with Crippen molar-refractivity contribution in [3.05, 3.63) is 0 Å². The van der Waals surface area contributed by atoms with Crippen LogP contribution in [0.3, 0.4) is 0 Å². The van der Waals surface area contributed by atoms with Crippen molar-refractivity contribution >= 4 is 6.03 Å². The monoisotopic (exact) mass is 225 g/mol. The minimum atomic E-state index is 0.0953. The molecule has 0 radical (unpaired) electrons. The van der Waals surface area contributed by atoms with E-state index in [2.05, 4.69) is 5.32 Å². The predicted octanol–water partition coefficient (Wildman–Crippen LogP) is 1.16. The summed E-state index contributed by atoms with van der Waals surface area (Å²) in [6.45, 7) is 5.82. The van der Waals surface area contributed by atoms with Gasteiger partial charge in [-0.15, -0.1) is 0 Å². The lowest BCUT2D eigenvalue weighted by Gasteiger charge is -2.27. The number of nitrogens with two attached hydrogens (primary N) is 1. The predicted molar refractivity (Wildman–Crippen MR) is 64.0 cm³/mol. The van der Waals surface area contributed by atoms with Crippen LogP contribution in [0, 0.1) is 11.8 Å². The number of nitrogens with zero attached hydrogens (tertiary/aromatic N) is 1. The number of hydrogen-bond donors (Lipinski definition) is 2. The molecule has 0 aromatic rings. The fourth-order valence-corrected chi connectivity index (χ4v) is 2.97. The molecule has 0 aromatic carbocycles. The largest absolute Gasteiger partial charge is 0.336 e. The number of fused-ring (bicyclic) bond motifs is 1. The minimum absolute atomic E-state index is 0.0953. The average molecular weight is 225 g/mol. The Morgan fingerprint density at radius 1 is 1.31 bits per heavy atom. The Morgan fingerprint density at radius 3 is 2.69 bits per heavy atom. The second kappa shape index (κ2) is 4.62. The number of carbonyl (C=O) groups excluding carboxylic acids is 1. The zero-order chi connectivity index (χ0) is 11.7. The third-order valence-corrected chi connectivity index (χ3v) is 3.79. The van der Waals surface area contributed by atoms with E-state index < -0.39 is 0 Å². The normalized spacial score (nSPS) is 34.0. The highest BCUT2D eigenvalue weighted by atomic mass is 16.2. The van der Waals surface area contributed by atoms with Crippen molar-refractivity contribution < 1.29 is 4.79 Å². The van der Waals surface area contributed by atoms with Gasteiger partial charge in [-0.05, 0) is 44.9 Å². The summed E-state index contributed by atoms with van der Waals surface area (Å²) < 4.78 is 0. The van der Waals surface area contributed by atoms with E-state index in [0.29, 0.717) is 17.9 Å². The summed E-state index contributed by atoms with van der Waals surface area (Å²) in [7, 11) is 0. The molecule has 1 aliphatic heterocycles. The van der Waals surface area contributed by atoms with Gasteiger partial charge in [-0.2, -0.15) is 0 Å². The van der Waals surface area contributed by atoms with Gasteiger partial charge in [-0.25, -0.2) is 4.79 Å². The molecule has 1 saturated heterocycles. The summed E-state index contributed by atoms with van der Waals surface area (Å²) >= 11 is 0. The lowest BCUT2D eigenvalue weighted by Crippen LogP contribution is -2.41. The molecular weight excluding hydrogens is 202 g/mol. The van der Waals surface area contributed by atoms with E-state index in [0.717, 1.165) is 25.9 Å². The van der Waals surface area contributed by atoms with E-state index in [4.69, 9.17) is 5.73 Å². The van der Waals surface area contributed by atoms with E-state index in [1.807, 2.05) is 18.7 Å². The Morgan fingerprint density at radius 2 is 2.00 bits per heavy atom. The lowest BCUT2D eigenvalue weighted by molar-refractivity contribution is 0.203. The highest BCUT2D eigenvalue weighted by molar-refractivity contribution is 5.74. The Kier molecular flexibility index (Phi) is 3.38. The Balaban J connectivity index is 1.89. The molecule has 2 rings (SSSR count). The van der Waals surface area contributed by atoms with Crippen molar-refractivity contribution in [3.8, 4) is 0 Å². The Labute approximate surface area is 97.6 Å². The summed E-state index contributed by atoms with van der Waals surface area (Å²) in [5.41, 5.74) is 5.97. The van der Waals surface area contributed by atoms with Gasteiger partial charge < -0.3 is 16.0 Å². The molecule has 1 unspecified atom stereocenters. The van der Waals surface area contributed by atoms with Crippen LogP contribution in [0.2, 0.25) is 0 Å². The van der Waals surface area contributed by atoms with Crippen LogP contribution in [-0.4, -0.2) is 36.1 Å². The maximum atomic E-state index is 11.9. The van der Waals surface area contributed by atoms with E-state index in [1.54, 1.807) is 0 Å². The molecule has 2 fully saturated rings. The zero-order valence-corrected chi connectivity index (χ0v) is 10.3. The molecule has 3 atom stereocenters. The molecule has 16 heavy (non-hydrogen) atoms. The summed E-state index contributed by atoms with van der Waals surface area (Å²) in [6.07, 6.45) is 3.41. The first kappa shape index (κ1) is 11.7. The highest BCUT2D eigenvalue weighted by Crippen LogP contribution is 2.35. The molecule has 1 saturated carbocycles. The van der Waals surface area contributed by atoms with Gasteiger partial charge in [0.25, 0.3) is 0 Å². The van der Waals surface area contributed by atoms with Crippen molar-refractivity contribution in [2.24, 2.45) is 17.6 Å². The van der Waals surface area contributed by atoms with Crippen LogP contribution in [-0.2, 0) is 0 Å². The number of amides is 2. The molecule has 1 heterocycles. The molecule has 2 amide bonds. The van der Waals surface area contributed by atoms with Crippen LogP contribution in [0.25, 0.3) is 0 Å². The molecule has 0 bridgehead atoms. The van der Waals surface area contributed by atoms with E-state index in [-0.39, 0.29) is 12.1 Å². The van der Waals surface area contributed by atoms with Crippen molar-refractivity contribution in [2.45, 2.75) is 45.2 Å². The quantitative estimate of drug-likeness (QED) is 0.703. The van der Waals surface area contributed by atoms with Crippen LogP contribution in [0.15, 0.2) is 0 Å². The van der Waals surface area contributed by atoms with E-state index in [9.17, 15) is 4.79 Å². The first-order valence-electron chi connectivity index (χ1n) is 6.37. The van der Waals surface area contributed by atoms with Gasteiger partial charge in [0.1, 0.15) is 0 Å². The minimum Gasteiger partial charge on any atom is -0.336 e. The molecule has 3 N–H and O–H groups in total. The van der Waals surface area contributed by atoms with Crippen LogP contribution in [0.5, 0.6) is 0 Å². The lowest BCUT2D eigenvalue weighted by atomic mass is 9.79. The maximum Gasteiger partial charge on any atom is 0.317 e. The van der Waals surface area contributed by atoms with Crippen LogP contribution in [0.1, 0.15) is 33.1 Å². The molecule has 0 spiro atoms. The van der Waals surface area contributed by atoms with Crippen LogP contribution in [0.4, 0.5) is 4.79 Å². The van der Waals surface area contributed by atoms with Crippen molar-refractivity contribution in [2.75, 3.05) is 13.1 Å². The molecule has 4 heteroatoms. The molecule has 1 aliphatic carbocycles. The van der Waals surface area contributed by atoms with Gasteiger partial charge in [0.15, 0.2) is 0 Å². The average Bonchev–Trinajstić information content (AvgIpc) is 2.59. The first-order chi connectivity index (χ1) is 7.56. The number of urea groups is 1. The zero-order valence-electron chi connectivity index (χ0n) is 10.3. The topological polar surface area (TPSA) is 58.4 Å². The van der Waals surface area contributed by atoms with Crippen LogP contribution >= 0.6 is 0 Å². The molecule has 92 valence electrons. The maximum absolute atomic E-state index is 11.9. The van der Waals surface area contributed by atoms with Crippen molar-refractivity contribution in [1.82, 2.24) is 10.2 Å². The third kappa shape index (κ3) is 2.48. The molecule has 2 aliphatic rings. The summed E-state index contributed by atoms with van der Waals surface area (Å²) in [5.74, 6) is 1.33. The van der Waals surface area contributed by atoms with Gasteiger partial charge >= 0.3 is 6.03 Å². The van der Waals surface area contributed by atoms with Gasteiger partial charge in [-0.1, -0.05) is 0 Å². The number of carbonyl (C=O) groups is 1. The van der Waals surface area contributed by atoms with E-state index in [1.165, 1.54) is 6.42 Å². The Bertz CT molecular complexity index is 267. The van der Waals surface area contributed by atoms with Gasteiger partial charge in [0.2, 0.25) is 0 Å². The standard InChI is InChI=1S/C12H23N3O/c1-8(2)14-12(16)15-6-9-3-4-11(13)5-10(9)7-15/h8-11H,3-7,13H2,1-2H3,(H,14,16)/t9-,10+,11?/m1/s1. The van der Waals surface area contributed by atoms with Crippen LogP contribution < -0.4 is 11.1 Å². The van der Waals surface area contributed by atoms with Gasteiger partial charge in [0.05, 0.1) is 0 Å². The Hall–Kier alpha value is -0.770.